The number of alkyl halides is 1. The van der Waals surface area contributed by atoms with Gasteiger partial charge < -0.3 is 10.2 Å². The van der Waals surface area contributed by atoms with Crippen molar-refractivity contribution in [1.82, 2.24) is 0 Å². The van der Waals surface area contributed by atoms with Crippen LogP contribution in [-0.4, -0.2) is 26.6 Å². The van der Waals surface area contributed by atoms with E-state index in [1.165, 1.54) is 0 Å². The predicted molar refractivity (Wildman–Crippen MR) is 57.8 cm³/mol. The molecule has 0 aliphatic heterocycles. The van der Waals surface area contributed by atoms with E-state index < -0.39 is 28.6 Å². The normalized spacial score (nSPS) is 14.5. The summed E-state index contributed by atoms with van der Waals surface area (Å²) in [4.78, 5) is 9.82. The van der Waals surface area contributed by atoms with Gasteiger partial charge in [-0.05, 0) is 12.1 Å². The van der Waals surface area contributed by atoms with Crippen LogP contribution in [0.5, 0.6) is 0 Å². The van der Waals surface area contributed by atoms with Crippen molar-refractivity contribution in [2.75, 3.05) is 5.33 Å². The molecular formula is C9H9BrFNO4. The van der Waals surface area contributed by atoms with Crippen molar-refractivity contribution in [1.29, 1.82) is 0 Å². The highest BCUT2D eigenvalue weighted by molar-refractivity contribution is 9.09. The van der Waals surface area contributed by atoms with Gasteiger partial charge in [-0.1, -0.05) is 15.9 Å². The van der Waals surface area contributed by atoms with Gasteiger partial charge in [0.2, 0.25) is 0 Å². The van der Waals surface area contributed by atoms with Gasteiger partial charge >= 0.3 is 0 Å². The van der Waals surface area contributed by atoms with E-state index in [1.807, 2.05) is 0 Å². The number of rotatable bonds is 4. The Labute approximate surface area is 98.8 Å². The molecule has 16 heavy (non-hydrogen) atoms. The first-order chi connectivity index (χ1) is 7.47. The summed E-state index contributed by atoms with van der Waals surface area (Å²) >= 11 is 2.93. The zero-order chi connectivity index (χ0) is 12.3. The topological polar surface area (TPSA) is 83.6 Å². The Morgan fingerprint density at radius 1 is 1.50 bits per heavy atom. The molecular weight excluding hydrogens is 285 g/mol. The minimum atomic E-state index is -1.43. The molecule has 0 fully saturated rings. The number of hydrogen-bond donors (Lipinski definition) is 2. The largest absolute Gasteiger partial charge is 0.389 e. The summed E-state index contributed by atoms with van der Waals surface area (Å²) in [5.41, 5.74) is -0.661. The van der Waals surface area contributed by atoms with Gasteiger partial charge in [-0.3, -0.25) is 10.1 Å². The van der Waals surface area contributed by atoms with Gasteiger partial charge in [0.1, 0.15) is 11.9 Å². The Morgan fingerprint density at radius 3 is 2.62 bits per heavy atom. The monoisotopic (exact) mass is 293 g/mol. The minimum absolute atomic E-state index is 0.0582. The Kier molecular flexibility index (Phi) is 4.34. The second-order valence-electron chi connectivity index (χ2n) is 3.13. The first-order valence-electron chi connectivity index (χ1n) is 4.33. The lowest BCUT2D eigenvalue weighted by Crippen LogP contribution is -2.20. The van der Waals surface area contributed by atoms with Crippen LogP contribution in [0.4, 0.5) is 10.1 Å². The fourth-order valence-electron chi connectivity index (χ4n) is 1.22. The number of aliphatic hydroxyl groups excluding tert-OH is 2. The fourth-order valence-corrected chi connectivity index (χ4v) is 1.57. The molecule has 7 heteroatoms. The van der Waals surface area contributed by atoms with Crippen LogP contribution in [0.25, 0.3) is 0 Å². The molecule has 1 aromatic carbocycles. The van der Waals surface area contributed by atoms with E-state index in [2.05, 4.69) is 15.9 Å². The zero-order valence-electron chi connectivity index (χ0n) is 8.01. The molecule has 0 saturated carbocycles. The van der Waals surface area contributed by atoms with Crippen molar-refractivity contribution < 1.29 is 19.5 Å². The molecule has 0 bridgehead atoms. The summed E-state index contributed by atoms with van der Waals surface area (Å²) < 4.78 is 12.8. The van der Waals surface area contributed by atoms with Crippen LogP contribution >= 0.6 is 15.9 Å². The standard InChI is InChI=1S/C9H9BrFNO4/c10-4-8(13)9(14)6-2-1-5(11)3-7(6)12(15)16/h1-3,8-9,13-14H,4H2. The van der Waals surface area contributed by atoms with E-state index >= 15 is 0 Å². The Bertz CT molecular complexity index is 401. The van der Waals surface area contributed by atoms with E-state index in [4.69, 9.17) is 0 Å². The average molecular weight is 294 g/mol. The lowest BCUT2D eigenvalue weighted by Gasteiger charge is -2.15. The quantitative estimate of drug-likeness (QED) is 0.501. The third-order valence-corrected chi connectivity index (χ3v) is 2.69. The van der Waals surface area contributed by atoms with Crippen LogP contribution in [-0.2, 0) is 0 Å². The number of halogens is 2. The molecule has 0 saturated heterocycles. The van der Waals surface area contributed by atoms with Gasteiger partial charge in [-0.15, -0.1) is 0 Å². The van der Waals surface area contributed by atoms with Gasteiger partial charge in [-0.2, -0.15) is 0 Å². The highest BCUT2D eigenvalue weighted by atomic mass is 79.9. The van der Waals surface area contributed by atoms with Crippen molar-refractivity contribution in [2.24, 2.45) is 0 Å². The van der Waals surface area contributed by atoms with Gasteiger partial charge in [0.15, 0.2) is 0 Å². The number of nitrogens with zero attached hydrogens (tertiary/aromatic N) is 1. The summed E-state index contributed by atoms with van der Waals surface area (Å²) in [5, 5.41) is 29.6. The molecule has 2 unspecified atom stereocenters. The Balaban J connectivity index is 3.17. The highest BCUT2D eigenvalue weighted by Gasteiger charge is 2.26. The van der Waals surface area contributed by atoms with Gasteiger partial charge in [0, 0.05) is 5.33 Å². The number of hydrogen-bond acceptors (Lipinski definition) is 4. The van der Waals surface area contributed by atoms with E-state index in [9.17, 15) is 24.7 Å². The Morgan fingerprint density at radius 2 is 2.12 bits per heavy atom. The van der Waals surface area contributed by atoms with E-state index in [1.54, 1.807) is 0 Å². The second-order valence-corrected chi connectivity index (χ2v) is 3.77. The van der Waals surface area contributed by atoms with Crippen LogP contribution in [0.15, 0.2) is 18.2 Å². The van der Waals surface area contributed by atoms with Crippen molar-refractivity contribution in [2.45, 2.75) is 12.2 Å². The third kappa shape index (κ3) is 2.75. The van der Waals surface area contributed by atoms with Crippen molar-refractivity contribution in [3.63, 3.8) is 0 Å². The number of nitro groups is 1. The van der Waals surface area contributed by atoms with Crippen LogP contribution in [0.2, 0.25) is 0 Å². The summed E-state index contributed by atoms with van der Waals surface area (Å²) in [6, 6.07) is 2.79. The van der Waals surface area contributed by atoms with Crippen molar-refractivity contribution in [3.05, 3.63) is 39.7 Å². The van der Waals surface area contributed by atoms with Crippen LogP contribution < -0.4 is 0 Å². The van der Waals surface area contributed by atoms with Crippen molar-refractivity contribution >= 4 is 21.6 Å². The Hall–Kier alpha value is -1.05. The zero-order valence-corrected chi connectivity index (χ0v) is 9.59. The highest BCUT2D eigenvalue weighted by Crippen LogP contribution is 2.28. The second kappa shape index (κ2) is 5.33. The molecule has 2 atom stereocenters. The number of aliphatic hydroxyl groups is 2. The molecule has 5 nitrogen and oxygen atoms in total. The molecule has 88 valence electrons. The summed E-state index contributed by atoms with van der Waals surface area (Å²) in [6.07, 6.45) is -2.62. The lowest BCUT2D eigenvalue weighted by atomic mass is 10.0. The fraction of sp³-hybridized carbons (Fsp3) is 0.333. The molecule has 0 aliphatic carbocycles. The van der Waals surface area contributed by atoms with Crippen LogP contribution in [0.1, 0.15) is 11.7 Å². The molecule has 1 aromatic rings. The van der Waals surface area contributed by atoms with Crippen LogP contribution in [0, 0.1) is 15.9 Å². The SMILES string of the molecule is O=[N+]([O-])c1cc(F)ccc1C(O)C(O)CBr. The minimum Gasteiger partial charge on any atom is -0.389 e. The molecule has 0 heterocycles. The molecule has 0 aromatic heterocycles. The maximum atomic E-state index is 12.8. The molecule has 2 N–H and O–H groups in total. The maximum absolute atomic E-state index is 12.8. The number of nitro benzene ring substituents is 1. The molecule has 0 amide bonds. The first kappa shape index (κ1) is 13.0. The summed E-state index contributed by atoms with van der Waals surface area (Å²) in [5.74, 6) is -0.768. The summed E-state index contributed by atoms with van der Waals surface area (Å²) in [7, 11) is 0. The lowest BCUT2D eigenvalue weighted by molar-refractivity contribution is -0.386. The molecule has 1 rings (SSSR count). The molecule has 0 spiro atoms. The smallest absolute Gasteiger partial charge is 0.278 e. The van der Waals surface area contributed by atoms with E-state index in [0.717, 1.165) is 12.1 Å². The first-order valence-corrected chi connectivity index (χ1v) is 5.45. The van der Waals surface area contributed by atoms with E-state index in [-0.39, 0.29) is 10.9 Å². The average Bonchev–Trinajstić information content (AvgIpc) is 2.26. The van der Waals surface area contributed by atoms with Crippen molar-refractivity contribution in [3.8, 4) is 0 Å². The third-order valence-electron chi connectivity index (χ3n) is 2.03. The summed E-state index contributed by atoms with van der Waals surface area (Å²) in [6.45, 7) is 0. The molecule has 0 aliphatic rings. The van der Waals surface area contributed by atoms with Crippen LogP contribution in [0.3, 0.4) is 0 Å². The van der Waals surface area contributed by atoms with Gasteiger partial charge in [0.25, 0.3) is 5.69 Å². The molecule has 0 radical (unpaired) electrons. The van der Waals surface area contributed by atoms with E-state index in [0.29, 0.717) is 6.07 Å². The predicted octanol–water partition coefficient (Wildman–Crippen LogP) is 1.52. The maximum Gasteiger partial charge on any atom is 0.278 e. The number of benzene rings is 1. The van der Waals surface area contributed by atoms with Gasteiger partial charge in [-0.25, -0.2) is 4.39 Å². The van der Waals surface area contributed by atoms with Gasteiger partial charge in [0.05, 0.1) is 22.7 Å².